The van der Waals surface area contributed by atoms with Crippen LogP contribution in [0.4, 0.5) is 8.78 Å². The van der Waals surface area contributed by atoms with Gasteiger partial charge in [0, 0.05) is 25.2 Å². The van der Waals surface area contributed by atoms with Gasteiger partial charge in [-0.25, -0.2) is 8.78 Å². The van der Waals surface area contributed by atoms with Gasteiger partial charge in [0.25, 0.3) is 0 Å². The summed E-state index contributed by atoms with van der Waals surface area (Å²) in [6.45, 7) is 1.13. The van der Waals surface area contributed by atoms with Crippen LogP contribution < -0.4 is 11.1 Å². The molecule has 26 heavy (non-hydrogen) atoms. The number of rotatable bonds is 5. The molecular formula is C18H21F2N3O3. The minimum atomic E-state index is -0.973. The van der Waals surface area contributed by atoms with Gasteiger partial charge in [0.05, 0.1) is 30.1 Å². The molecule has 3 aliphatic heterocycles. The maximum atomic E-state index is 13.8. The van der Waals surface area contributed by atoms with Gasteiger partial charge < -0.3 is 20.7 Å². The van der Waals surface area contributed by atoms with Crippen LogP contribution in [0.2, 0.25) is 0 Å². The van der Waals surface area contributed by atoms with E-state index in [1.165, 1.54) is 12.1 Å². The van der Waals surface area contributed by atoms with Crippen molar-refractivity contribution in [1.82, 2.24) is 10.2 Å². The average molecular weight is 365 g/mol. The predicted octanol–water partition coefficient (Wildman–Crippen LogP) is 0.546. The van der Waals surface area contributed by atoms with Gasteiger partial charge in [-0.2, -0.15) is 0 Å². The first-order valence-electron chi connectivity index (χ1n) is 8.84. The lowest BCUT2D eigenvalue weighted by Crippen LogP contribution is -2.45. The lowest BCUT2D eigenvalue weighted by atomic mass is 9.73. The fraction of sp³-hybridized carbons (Fsp3) is 0.556. The summed E-state index contributed by atoms with van der Waals surface area (Å²) in [5, 5.41) is 2.65. The Balaban J connectivity index is 1.50. The maximum Gasteiger partial charge on any atom is 0.229 e. The third-order valence-electron chi connectivity index (χ3n) is 5.79. The molecule has 3 aliphatic rings. The first kappa shape index (κ1) is 17.4. The van der Waals surface area contributed by atoms with E-state index >= 15 is 0 Å². The van der Waals surface area contributed by atoms with Crippen molar-refractivity contribution >= 4 is 11.8 Å². The Morgan fingerprint density at radius 1 is 1.42 bits per heavy atom. The smallest absolute Gasteiger partial charge is 0.229 e. The molecule has 1 spiro atoms. The number of likely N-dealkylation sites (tertiary alicyclic amines) is 1. The maximum absolute atomic E-state index is 13.8. The highest BCUT2D eigenvalue weighted by Gasteiger charge is 2.68. The zero-order chi connectivity index (χ0) is 18.5. The van der Waals surface area contributed by atoms with Crippen LogP contribution in [-0.4, -0.2) is 48.1 Å². The van der Waals surface area contributed by atoms with E-state index in [-0.39, 0.29) is 30.0 Å². The Morgan fingerprint density at radius 3 is 3.00 bits per heavy atom. The topological polar surface area (TPSA) is 84.7 Å². The Morgan fingerprint density at radius 2 is 2.23 bits per heavy atom. The number of amides is 2. The van der Waals surface area contributed by atoms with E-state index in [9.17, 15) is 18.4 Å². The van der Waals surface area contributed by atoms with Gasteiger partial charge in [-0.15, -0.1) is 0 Å². The number of nitrogens with zero attached hydrogens (tertiary/aromatic N) is 1. The summed E-state index contributed by atoms with van der Waals surface area (Å²) in [5.74, 6) is -3.51. The lowest BCUT2D eigenvalue weighted by molar-refractivity contribution is -0.138. The molecule has 3 heterocycles. The monoisotopic (exact) mass is 365 g/mol. The van der Waals surface area contributed by atoms with Crippen LogP contribution >= 0.6 is 0 Å². The third kappa shape index (κ3) is 2.51. The first-order chi connectivity index (χ1) is 12.5. The number of ether oxygens (including phenoxy) is 1. The van der Waals surface area contributed by atoms with Crippen molar-refractivity contribution in [3.63, 3.8) is 0 Å². The van der Waals surface area contributed by atoms with Gasteiger partial charge in [0.1, 0.15) is 0 Å². The normalized spacial score (nSPS) is 32.2. The molecule has 0 saturated carbocycles. The van der Waals surface area contributed by atoms with Crippen molar-refractivity contribution in [1.29, 1.82) is 0 Å². The molecule has 1 aromatic rings. The van der Waals surface area contributed by atoms with E-state index in [2.05, 4.69) is 5.32 Å². The quantitative estimate of drug-likeness (QED) is 0.798. The molecule has 0 unspecified atom stereocenters. The fourth-order valence-electron chi connectivity index (χ4n) is 4.67. The molecule has 3 fully saturated rings. The van der Waals surface area contributed by atoms with E-state index in [0.717, 1.165) is 12.5 Å². The summed E-state index contributed by atoms with van der Waals surface area (Å²) in [6, 6.07) is 3.83. The van der Waals surface area contributed by atoms with Crippen molar-refractivity contribution in [3.05, 3.63) is 35.4 Å². The summed E-state index contributed by atoms with van der Waals surface area (Å²) in [6.07, 6.45) is 1.16. The van der Waals surface area contributed by atoms with Crippen molar-refractivity contribution in [2.24, 2.45) is 17.6 Å². The number of carbonyl (C=O) groups is 2. The Labute approximate surface area is 149 Å². The summed E-state index contributed by atoms with van der Waals surface area (Å²) in [4.78, 5) is 27.2. The van der Waals surface area contributed by atoms with Crippen LogP contribution in [-0.2, 0) is 20.9 Å². The van der Waals surface area contributed by atoms with Crippen LogP contribution in [0.25, 0.3) is 0 Å². The van der Waals surface area contributed by atoms with Crippen LogP contribution in [0.15, 0.2) is 18.2 Å². The molecule has 6 nitrogen and oxygen atoms in total. The summed E-state index contributed by atoms with van der Waals surface area (Å²) >= 11 is 0. The molecule has 8 heteroatoms. The molecule has 2 bridgehead atoms. The summed E-state index contributed by atoms with van der Waals surface area (Å²) < 4.78 is 33.1. The van der Waals surface area contributed by atoms with E-state index in [1.807, 2.05) is 0 Å². The number of nitrogens with two attached hydrogens (primary N) is 1. The average Bonchev–Trinajstić information content (AvgIpc) is 3.25. The zero-order valence-corrected chi connectivity index (χ0v) is 14.2. The van der Waals surface area contributed by atoms with E-state index < -0.39 is 29.1 Å². The van der Waals surface area contributed by atoms with Crippen molar-refractivity contribution in [2.45, 2.75) is 31.1 Å². The largest absolute Gasteiger partial charge is 0.368 e. The molecule has 0 aromatic heterocycles. The molecule has 3 N–H and O–H groups in total. The number of carbonyl (C=O) groups excluding carboxylic acids is 2. The van der Waals surface area contributed by atoms with Crippen LogP contribution in [0.3, 0.4) is 0 Å². The van der Waals surface area contributed by atoms with Crippen molar-refractivity contribution in [3.8, 4) is 0 Å². The standard InChI is InChI=1S/C18H21F2N3O3/c19-11-3-1-2-10(15(11)20)8-22-16(24)13-12-4-5-18(26-12)9-23(7-6-21)17(25)14(13)18/h1-3,12-14H,4-9,21H2,(H,22,24)/t12-,13-,14+,18-/m1/s1. The molecule has 2 amide bonds. The second-order valence-corrected chi connectivity index (χ2v) is 7.24. The number of hydrogen-bond acceptors (Lipinski definition) is 4. The third-order valence-corrected chi connectivity index (χ3v) is 5.79. The Kier molecular flexibility index (Phi) is 4.19. The van der Waals surface area contributed by atoms with Crippen molar-refractivity contribution in [2.75, 3.05) is 19.6 Å². The highest BCUT2D eigenvalue weighted by Crippen LogP contribution is 2.55. The molecule has 0 aliphatic carbocycles. The van der Waals surface area contributed by atoms with Crippen LogP contribution in [0, 0.1) is 23.5 Å². The molecule has 4 atom stereocenters. The van der Waals surface area contributed by atoms with Gasteiger partial charge in [-0.1, -0.05) is 12.1 Å². The zero-order valence-electron chi connectivity index (χ0n) is 14.2. The Hall–Kier alpha value is -2.06. The van der Waals surface area contributed by atoms with Gasteiger partial charge in [0.2, 0.25) is 11.8 Å². The second-order valence-electron chi connectivity index (χ2n) is 7.24. The van der Waals surface area contributed by atoms with Gasteiger partial charge in [0.15, 0.2) is 11.6 Å². The molecule has 140 valence electrons. The lowest BCUT2D eigenvalue weighted by Gasteiger charge is -2.27. The number of nitrogens with one attached hydrogen (secondary N) is 1. The number of fused-ring (bicyclic) bond motifs is 1. The van der Waals surface area contributed by atoms with Crippen molar-refractivity contribution < 1.29 is 23.1 Å². The number of hydrogen-bond donors (Lipinski definition) is 2. The molecule has 1 aromatic carbocycles. The van der Waals surface area contributed by atoms with E-state index in [0.29, 0.717) is 26.1 Å². The SMILES string of the molecule is NCCN1C[C@@]23CC[C@@H](O2)[C@@H](C(=O)NCc2cccc(F)c2F)[C@H]3C1=O. The van der Waals surface area contributed by atoms with Gasteiger partial charge in [-0.05, 0) is 18.9 Å². The predicted molar refractivity (Wildman–Crippen MR) is 87.7 cm³/mol. The van der Waals surface area contributed by atoms with E-state index in [4.69, 9.17) is 10.5 Å². The summed E-state index contributed by atoms with van der Waals surface area (Å²) in [7, 11) is 0. The van der Waals surface area contributed by atoms with E-state index in [1.54, 1.807) is 4.90 Å². The Bertz CT molecular complexity index is 759. The minimum Gasteiger partial charge on any atom is -0.368 e. The molecule has 4 rings (SSSR count). The number of benzene rings is 1. The minimum absolute atomic E-state index is 0.0691. The number of halogens is 2. The summed E-state index contributed by atoms with van der Waals surface area (Å²) in [5.41, 5.74) is 5.03. The molecule has 0 radical (unpaired) electrons. The highest BCUT2D eigenvalue weighted by atomic mass is 19.2. The highest BCUT2D eigenvalue weighted by molar-refractivity contribution is 5.92. The van der Waals surface area contributed by atoms with Crippen LogP contribution in [0.5, 0.6) is 0 Å². The fourth-order valence-corrected chi connectivity index (χ4v) is 4.67. The molecular weight excluding hydrogens is 344 g/mol. The van der Waals surface area contributed by atoms with Crippen LogP contribution in [0.1, 0.15) is 18.4 Å². The molecule has 3 saturated heterocycles. The first-order valence-corrected chi connectivity index (χ1v) is 8.84. The second kappa shape index (κ2) is 6.28. The van der Waals surface area contributed by atoms with Gasteiger partial charge >= 0.3 is 0 Å². The van der Waals surface area contributed by atoms with Gasteiger partial charge in [-0.3, -0.25) is 9.59 Å².